The fourth-order valence-electron chi connectivity index (χ4n) is 4.57. The third-order valence-electron chi connectivity index (χ3n) is 6.17. The number of benzene rings is 1. The molecule has 2 fully saturated rings. The van der Waals surface area contributed by atoms with Crippen molar-refractivity contribution in [2.45, 2.75) is 46.1 Å². The Balaban J connectivity index is 1.54. The number of nitrogens with one attached hydrogen (secondary N) is 1. The highest BCUT2D eigenvalue weighted by atomic mass is 16.2. The molecular formula is C22H28N4O2. The number of rotatable bonds is 3. The Bertz CT molecular complexity index is 889. The Morgan fingerprint density at radius 1 is 1.18 bits per heavy atom. The highest BCUT2D eigenvalue weighted by Crippen LogP contribution is 2.41. The molecule has 1 N–H and O–H groups in total. The highest BCUT2D eigenvalue weighted by Gasteiger charge is 2.50. The van der Waals surface area contributed by atoms with E-state index >= 15 is 0 Å². The molecule has 2 aliphatic rings. The molecule has 28 heavy (non-hydrogen) atoms. The molecule has 6 heteroatoms. The van der Waals surface area contributed by atoms with Crippen molar-refractivity contribution in [1.82, 2.24) is 19.8 Å². The van der Waals surface area contributed by atoms with Gasteiger partial charge in [-0.15, -0.1) is 0 Å². The van der Waals surface area contributed by atoms with Crippen LogP contribution in [-0.4, -0.2) is 57.3 Å². The number of aryl methyl sites for hydroxylation is 1. The van der Waals surface area contributed by atoms with Gasteiger partial charge in [0.25, 0.3) is 5.91 Å². The van der Waals surface area contributed by atoms with Gasteiger partial charge in [0, 0.05) is 36.9 Å². The maximum Gasteiger partial charge on any atom is 0.274 e. The lowest BCUT2D eigenvalue weighted by atomic mass is 9.78. The van der Waals surface area contributed by atoms with Gasteiger partial charge >= 0.3 is 0 Å². The van der Waals surface area contributed by atoms with Gasteiger partial charge in [-0.05, 0) is 40.0 Å². The van der Waals surface area contributed by atoms with Crippen LogP contribution in [0.5, 0.6) is 0 Å². The van der Waals surface area contributed by atoms with Crippen molar-refractivity contribution >= 4 is 11.8 Å². The van der Waals surface area contributed by atoms with E-state index in [0.717, 1.165) is 37.1 Å². The van der Waals surface area contributed by atoms with E-state index in [9.17, 15) is 9.59 Å². The Hall–Kier alpha value is -2.63. The van der Waals surface area contributed by atoms with Crippen LogP contribution in [0.25, 0.3) is 11.4 Å². The Morgan fingerprint density at radius 2 is 1.93 bits per heavy atom. The van der Waals surface area contributed by atoms with Crippen LogP contribution >= 0.6 is 0 Å². The van der Waals surface area contributed by atoms with Crippen LogP contribution in [0.4, 0.5) is 0 Å². The zero-order valence-corrected chi connectivity index (χ0v) is 16.9. The first-order chi connectivity index (χ1) is 13.4. The summed E-state index contributed by atoms with van der Waals surface area (Å²) in [5.74, 6) is 0.838. The molecule has 2 amide bonds. The van der Waals surface area contributed by atoms with Crippen LogP contribution in [-0.2, 0) is 4.79 Å². The molecule has 0 aliphatic carbocycles. The van der Waals surface area contributed by atoms with Gasteiger partial charge in [0.05, 0.1) is 5.41 Å². The van der Waals surface area contributed by atoms with Crippen molar-refractivity contribution in [1.29, 1.82) is 0 Å². The van der Waals surface area contributed by atoms with E-state index in [-0.39, 0.29) is 17.9 Å². The minimum absolute atomic E-state index is 0.0812. The summed E-state index contributed by atoms with van der Waals surface area (Å²) in [6, 6.07) is 10.0. The van der Waals surface area contributed by atoms with E-state index in [1.165, 1.54) is 0 Å². The maximum atomic E-state index is 13.2. The molecule has 1 spiro atoms. The summed E-state index contributed by atoms with van der Waals surface area (Å²) in [5, 5.41) is 0. The number of aromatic amines is 1. The van der Waals surface area contributed by atoms with Gasteiger partial charge in [-0.25, -0.2) is 4.98 Å². The van der Waals surface area contributed by atoms with Gasteiger partial charge < -0.3 is 14.8 Å². The molecule has 3 heterocycles. The van der Waals surface area contributed by atoms with Gasteiger partial charge in [-0.2, -0.15) is 0 Å². The van der Waals surface area contributed by atoms with Crippen molar-refractivity contribution in [3.8, 4) is 11.4 Å². The predicted octanol–water partition coefficient (Wildman–Crippen LogP) is 3.25. The van der Waals surface area contributed by atoms with Crippen molar-refractivity contribution < 1.29 is 9.59 Å². The summed E-state index contributed by atoms with van der Waals surface area (Å²) in [6.07, 6.45) is 2.62. The summed E-state index contributed by atoms with van der Waals surface area (Å²) in [7, 11) is 0. The van der Waals surface area contributed by atoms with E-state index in [4.69, 9.17) is 0 Å². The molecule has 1 aromatic heterocycles. The van der Waals surface area contributed by atoms with Crippen LogP contribution in [0, 0.1) is 12.3 Å². The smallest absolute Gasteiger partial charge is 0.274 e. The molecule has 1 atom stereocenters. The standard InChI is InChI=1S/C22H28N4O2/c1-15(2)26-12-7-10-22(21(26)28)11-13-25(14-22)20(27)18-16(3)23-19(24-18)17-8-5-4-6-9-17/h4-6,8-9,15H,7,10-14H2,1-3H3,(H,23,24). The summed E-state index contributed by atoms with van der Waals surface area (Å²) < 4.78 is 0. The summed E-state index contributed by atoms with van der Waals surface area (Å²) >= 11 is 0. The molecule has 4 rings (SSSR count). The Kier molecular flexibility index (Phi) is 4.73. The molecule has 6 nitrogen and oxygen atoms in total. The summed E-state index contributed by atoms with van der Waals surface area (Å²) in [6.45, 7) is 7.94. The van der Waals surface area contributed by atoms with Gasteiger partial charge in [-0.1, -0.05) is 30.3 Å². The van der Waals surface area contributed by atoms with Crippen LogP contribution < -0.4 is 0 Å². The topological polar surface area (TPSA) is 69.3 Å². The molecule has 148 valence electrons. The first kappa shape index (κ1) is 18.7. The Morgan fingerprint density at radius 3 is 2.64 bits per heavy atom. The molecular weight excluding hydrogens is 352 g/mol. The minimum Gasteiger partial charge on any atom is -0.341 e. The largest absolute Gasteiger partial charge is 0.341 e. The molecule has 2 aromatic rings. The quantitative estimate of drug-likeness (QED) is 0.889. The molecule has 2 saturated heterocycles. The molecule has 1 aromatic carbocycles. The van der Waals surface area contributed by atoms with Crippen LogP contribution in [0.1, 0.15) is 49.3 Å². The normalized spacial score (nSPS) is 22.5. The number of hydrogen-bond donors (Lipinski definition) is 1. The van der Waals surface area contributed by atoms with E-state index in [0.29, 0.717) is 24.6 Å². The fraction of sp³-hybridized carbons (Fsp3) is 0.500. The first-order valence-electron chi connectivity index (χ1n) is 10.1. The monoisotopic (exact) mass is 380 g/mol. The number of H-pyrrole nitrogens is 1. The summed E-state index contributed by atoms with van der Waals surface area (Å²) in [5.41, 5.74) is 1.77. The number of imidazole rings is 1. The van der Waals surface area contributed by atoms with Crippen molar-refractivity contribution in [3.63, 3.8) is 0 Å². The second-order valence-corrected chi connectivity index (χ2v) is 8.38. The van der Waals surface area contributed by atoms with Crippen LogP contribution in [0.3, 0.4) is 0 Å². The van der Waals surface area contributed by atoms with E-state index in [1.54, 1.807) is 0 Å². The fourth-order valence-corrected chi connectivity index (χ4v) is 4.57. The molecule has 2 aliphatic heterocycles. The summed E-state index contributed by atoms with van der Waals surface area (Å²) in [4.78, 5) is 37.9. The van der Waals surface area contributed by atoms with Gasteiger partial charge in [0.1, 0.15) is 11.5 Å². The first-order valence-corrected chi connectivity index (χ1v) is 10.1. The van der Waals surface area contributed by atoms with Crippen molar-refractivity contribution in [2.24, 2.45) is 5.41 Å². The number of nitrogens with zero attached hydrogens (tertiary/aromatic N) is 3. The van der Waals surface area contributed by atoms with E-state index < -0.39 is 5.41 Å². The third-order valence-corrected chi connectivity index (χ3v) is 6.17. The molecule has 1 unspecified atom stereocenters. The zero-order valence-electron chi connectivity index (χ0n) is 16.9. The average Bonchev–Trinajstić information content (AvgIpc) is 3.29. The number of hydrogen-bond acceptors (Lipinski definition) is 3. The molecule has 0 bridgehead atoms. The number of likely N-dealkylation sites (tertiary alicyclic amines) is 2. The number of amides is 2. The Labute approximate surface area is 165 Å². The molecule has 0 saturated carbocycles. The lowest BCUT2D eigenvalue weighted by molar-refractivity contribution is -0.147. The van der Waals surface area contributed by atoms with E-state index in [2.05, 4.69) is 23.8 Å². The van der Waals surface area contributed by atoms with Gasteiger partial charge in [-0.3, -0.25) is 9.59 Å². The molecule has 0 radical (unpaired) electrons. The predicted molar refractivity (Wildman–Crippen MR) is 108 cm³/mol. The highest BCUT2D eigenvalue weighted by molar-refractivity contribution is 5.95. The van der Waals surface area contributed by atoms with Gasteiger partial charge in [0.2, 0.25) is 5.91 Å². The van der Waals surface area contributed by atoms with Crippen molar-refractivity contribution in [2.75, 3.05) is 19.6 Å². The van der Waals surface area contributed by atoms with Gasteiger partial charge in [0.15, 0.2) is 0 Å². The number of aromatic nitrogens is 2. The van der Waals surface area contributed by atoms with E-state index in [1.807, 2.05) is 47.1 Å². The lowest BCUT2D eigenvalue weighted by Crippen LogP contribution is -2.52. The number of piperidine rings is 1. The van der Waals surface area contributed by atoms with Crippen LogP contribution in [0.15, 0.2) is 30.3 Å². The number of carbonyl (C=O) groups excluding carboxylic acids is 2. The van der Waals surface area contributed by atoms with Crippen LogP contribution in [0.2, 0.25) is 0 Å². The minimum atomic E-state index is -0.412. The maximum absolute atomic E-state index is 13.2. The third kappa shape index (κ3) is 3.11. The second-order valence-electron chi connectivity index (χ2n) is 8.38. The number of carbonyl (C=O) groups is 2. The lowest BCUT2D eigenvalue weighted by Gasteiger charge is -2.41. The zero-order chi connectivity index (χ0) is 19.9. The SMILES string of the molecule is Cc1[nH]c(-c2ccccc2)nc1C(=O)N1CCC2(CCCN(C(C)C)C2=O)C1. The van der Waals surface area contributed by atoms with Crippen molar-refractivity contribution in [3.05, 3.63) is 41.7 Å². The average molecular weight is 380 g/mol. The second kappa shape index (κ2) is 7.08.